The Kier molecular flexibility index (Phi) is 9.02. The first-order chi connectivity index (χ1) is 13.7. The van der Waals surface area contributed by atoms with E-state index in [1.165, 1.54) is 64.2 Å². The van der Waals surface area contributed by atoms with Gasteiger partial charge in [0.1, 0.15) is 5.04 Å². The van der Waals surface area contributed by atoms with Crippen LogP contribution in [0.1, 0.15) is 105 Å². The molecule has 6 heteroatoms. The molecule has 1 unspecified atom stereocenters. The Morgan fingerprint density at radius 2 is 1.28 bits per heavy atom. The quantitative estimate of drug-likeness (QED) is 0.384. The molecule has 0 N–H and O–H groups in total. The molecule has 0 aromatic heterocycles. The molecule has 2 fully saturated rings. The maximum absolute atomic E-state index is 13.9. The second kappa shape index (κ2) is 10.4. The van der Waals surface area contributed by atoms with Crippen LogP contribution >= 0.6 is 0 Å². The van der Waals surface area contributed by atoms with E-state index < -0.39 is 22.6 Å². The molecule has 1 radical (unpaired) electrons. The summed E-state index contributed by atoms with van der Waals surface area (Å²) in [5, 5.41) is -0.643. The van der Waals surface area contributed by atoms with Crippen molar-refractivity contribution in [3.05, 3.63) is 0 Å². The van der Waals surface area contributed by atoms with Crippen LogP contribution < -0.4 is 0 Å². The molecule has 2 saturated carbocycles. The summed E-state index contributed by atoms with van der Waals surface area (Å²) in [5.74, 6) is -0.0460. The molecule has 2 rings (SSSR count). The van der Waals surface area contributed by atoms with Gasteiger partial charge in [0.25, 0.3) is 14.3 Å². The molecule has 1 atom stereocenters. The van der Waals surface area contributed by atoms with E-state index in [-0.39, 0.29) is 11.0 Å². The third-order valence-electron chi connectivity index (χ3n) is 7.84. The van der Waals surface area contributed by atoms with Crippen molar-refractivity contribution < 1.29 is 18.1 Å². The minimum atomic E-state index is -2.40. The minimum Gasteiger partial charge on any atom is -0.518 e. The molecule has 0 amide bonds. The van der Waals surface area contributed by atoms with Crippen LogP contribution in [0.5, 0.6) is 0 Å². The lowest BCUT2D eigenvalue weighted by Gasteiger charge is -2.54. The molecule has 29 heavy (non-hydrogen) atoms. The van der Waals surface area contributed by atoms with Crippen molar-refractivity contribution in [2.24, 2.45) is 0 Å². The largest absolute Gasteiger partial charge is 0.518 e. The van der Waals surface area contributed by atoms with Gasteiger partial charge in [-0.25, -0.2) is 0 Å². The molecule has 0 aliphatic heterocycles. The van der Waals surface area contributed by atoms with Gasteiger partial charge in [-0.15, -0.1) is 0 Å². The number of hydrogen-bond donors (Lipinski definition) is 0. The molecular weight excluding hydrogens is 396 g/mol. The van der Waals surface area contributed by atoms with Crippen molar-refractivity contribution in [2.45, 2.75) is 126 Å². The van der Waals surface area contributed by atoms with Gasteiger partial charge in [0, 0.05) is 14.2 Å². The number of carbonyl (C=O) groups is 1. The summed E-state index contributed by atoms with van der Waals surface area (Å²) in [6.45, 7) is 11.1. The van der Waals surface area contributed by atoms with E-state index >= 15 is 0 Å². The molecule has 0 aromatic rings. The smallest absolute Gasteiger partial charge is 0.402 e. The highest BCUT2D eigenvalue weighted by molar-refractivity contribution is 6.81. The average molecular weight is 442 g/mol. The van der Waals surface area contributed by atoms with Gasteiger partial charge in [0.2, 0.25) is 0 Å². The molecule has 2 aliphatic rings. The Bertz CT molecular complexity index is 499. The number of rotatable bonds is 8. The summed E-state index contributed by atoms with van der Waals surface area (Å²) in [5.41, 5.74) is 1.18. The van der Waals surface area contributed by atoms with Crippen LogP contribution in [0.15, 0.2) is 0 Å². The summed E-state index contributed by atoms with van der Waals surface area (Å²) in [6, 6.07) is 0. The second-order valence-electron chi connectivity index (χ2n) is 10.5. The maximum Gasteiger partial charge on any atom is 0.402 e. The van der Waals surface area contributed by atoms with Gasteiger partial charge in [-0.3, -0.25) is 4.79 Å². The maximum atomic E-state index is 13.9. The average Bonchev–Trinajstić information content (AvgIpc) is 2.72. The van der Waals surface area contributed by atoms with Crippen LogP contribution in [-0.2, 0) is 18.1 Å². The van der Waals surface area contributed by atoms with Gasteiger partial charge in [-0.2, -0.15) is 0 Å². The first-order valence-electron chi connectivity index (χ1n) is 11.9. The molecule has 0 bridgehead atoms. The van der Waals surface area contributed by atoms with E-state index in [9.17, 15) is 4.79 Å². The predicted molar refractivity (Wildman–Crippen MR) is 124 cm³/mol. The third kappa shape index (κ3) is 5.02. The highest BCUT2D eigenvalue weighted by Crippen LogP contribution is 2.59. The van der Waals surface area contributed by atoms with Crippen LogP contribution in [0.2, 0.25) is 21.2 Å². The Labute approximate surface area is 182 Å². The highest BCUT2D eigenvalue weighted by atomic mass is 28.4. The summed E-state index contributed by atoms with van der Waals surface area (Å²) in [7, 11) is -0.814. The summed E-state index contributed by atoms with van der Waals surface area (Å²) >= 11 is 0. The second-order valence-corrected chi connectivity index (χ2v) is 17.9. The van der Waals surface area contributed by atoms with Gasteiger partial charge in [0.15, 0.2) is 0 Å². The molecule has 2 aliphatic carbocycles. The lowest BCUT2D eigenvalue weighted by molar-refractivity contribution is -0.140. The van der Waals surface area contributed by atoms with Crippen LogP contribution in [0, 0.1) is 0 Å². The summed E-state index contributed by atoms with van der Waals surface area (Å²) in [6.07, 6.45) is 13.5. The van der Waals surface area contributed by atoms with E-state index in [0.29, 0.717) is 17.5 Å². The molecule has 0 aromatic carbocycles. The predicted octanol–water partition coefficient (Wildman–Crippen LogP) is 6.90. The van der Waals surface area contributed by atoms with E-state index in [1.807, 2.05) is 6.92 Å². The van der Waals surface area contributed by atoms with Gasteiger partial charge >= 0.3 is 9.28 Å². The molecule has 0 spiro atoms. The fraction of sp³-hybridized carbons (Fsp3) is 0.957. The van der Waals surface area contributed by atoms with Gasteiger partial charge < -0.3 is 13.3 Å². The fourth-order valence-electron chi connectivity index (χ4n) is 6.11. The SMILES string of the molecule is CCC(C)(C(=O)O[Si](C1CCCCC1)(C1CCCCC1)C(C)(C)C)[Si](OC)OC. The number of carbonyl (C=O) groups excluding carboxylic acids is 1. The third-order valence-corrected chi connectivity index (χ3v) is 16.5. The van der Waals surface area contributed by atoms with E-state index in [4.69, 9.17) is 13.3 Å². The summed E-state index contributed by atoms with van der Waals surface area (Å²) < 4.78 is 18.3. The molecule has 169 valence electrons. The van der Waals surface area contributed by atoms with E-state index in [1.54, 1.807) is 14.2 Å². The van der Waals surface area contributed by atoms with Crippen LogP contribution in [-0.4, -0.2) is 37.8 Å². The van der Waals surface area contributed by atoms with Gasteiger partial charge in [-0.1, -0.05) is 66.2 Å². The van der Waals surface area contributed by atoms with Gasteiger partial charge in [-0.05, 0) is 55.1 Å². The highest BCUT2D eigenvalue weighted by Gasteiger charge is 2.61. The summed E-state index contributed by atoms with van der Waals surface area (Å²) in [4.78, 5) is 13.9. The van der Waals surface area contributed by atoms with Crippen molar-refractivity contribution in [3.63, 3.8) is 0 Å². The lowest BCUT2D eigenvalue weighted by Crippen LogP contribution is -2.59. The first-order valence-corrected chi connectivity index (χ1v) is 15.2. The Morgan fingerprint density at radius 1 is 0.862 bits per heavy atom. The van der Waals surface area contributed by atoms with E-state index in [0.717, 1.165) is 0 Å². The fourth-order valence-corrected chi connectivity index (χ4v) is 14.6. The Balaban J connectivity index is 2.48. The standard InChI is InChI=1S/C23H45O4Si2/c1-8-23(5,28(25-6)26-7)21(24)27-29(22(2,3)4,19-15-11-9-12-16-19)20-17-13-10-14-18-20/h19-20H,8-18H2,1-7H3. The molecule has 0 saturated heterocycles. The monoisotopic (exact) mass is 441 g/mol. The van der Waals surface area contributed by atoms with Crippen molar-refractivity contribution in [3.8, 4) is 0 Å². The Hall–Kier alpha value is -0.176. The number of hydrogen-bond acceptors (Lipinski definition) is 4. The molecule has 0 heterocycles. The van der Waals surface area contributed by atoms with Crippen molar-refractivity contribution >= 4 is 23.6 Å². The van der Waals surface area contributed by atoms with Crippen molar-refractivity contribution in [1.82, 2.24) is 0 Å². The van der Waals surface area contributed by atoms with Crippen LogP contribution in [0.25, 0.3) is 0 Å². The minimum absolute atomic E-state index is 0.0361. The molecular formula is C23H45O4Si2. The normalized spacial score (nSPS) is 22.5. The topological polar surface area (TPSA) is 44.8 Å². The van der Waals surface area contributed by atoms with E-state index in [2.05, 4.69) is 27.7 Å². The van der Waals surface area contributed by atoms with Crippen molar-refractivity contribution in [1.29, 1.82) is 0 Å². The van der Waals surface area contributed by atoms with Crippen LogP contribution in [0.4, 0.5) is 0 Å². The lowest BCUT2D eigenvalue weighted by atomic mass is 9.99. The zero-order valence-corrected chi connectivity index (χ0v) is 22.1. The van der Waals surface area contributed by atoms with Gasteiger partial charge in [0.05, 0.1) is 0 Å². The van der Waals surface area contributed by atoms with Crippen molar-refractivity contribution in [2.75, 3.05) is 14.2 Å². The Morgan fingerprint density at radius 3 is 1.59 bits per heavy atom. The first kappa shape index (κ1) is 25.1. The molecule has 4 nitrogen and oxygen atoms in total. The van der Waals surface area contributed by atoms with Crippen LogP contribution in [0.3, 0.4) is 0 Å². The zero-order chi connectivity index (χ0) is 21.7. The zero-order valence-electron chi connectivity index (χ0n) is 20.1.